The Balaban J connectivity index is 1.57. The number of carbonyl (C=O) groups is 3. The molecule has 0 radical (unpaired) electrons. The van der Waals surface area contributed by atoms with Crippen molar-refractivity contribution in [2.75, 3.05) is 6.54 Å². The molecule has 8 nitrogen and oxygen atoms in total. The third-order valence-electron chi connectivity index (χ3n) is 9.03. The first kappa shape index (κ1) is 27.3. The number of aliphatic hydroxyl groups excluding tert-OH is 3. The van der Waals surface area contributed by atoms with E-state index >= 15 is 0 Å². The number of nitrogens with one attached hydrogen (secondary N) is 2. The molecule has 0 aromatic rings. The van der Waals surface area contributed by atoms with Gasteiger partial charge in [0.25, 0.3) is 5.91 Å². The van der Waals surface area contributed by atoms with Crippen LogP contribution in [0.2, 0.25) is 0 Å². The minimum absolute atomic E-state index is 0.0668. The molecule has 2 saturated carbocycles. The average Bonchev–Trinajstić information content (AvgIpc) is 3.48. The molecule has 5 N–H and O–H groups in total. The van der Waals surface area contributed by atoms with E-state index in [9.17, 15) is 29.7 Å². The van der Waals surface area contributed by atoms with Crippen molar-refractivity contribution in [3.8, 4) is 0 Å². The van der Waals surface area contributed by atoms with Crippen LogP contribution in [0.25, 0.3) is 0 Å². The molecule has 2 heterocycles. The van der Waals surface area contributed by atoms with Gasteiger partial charge in [-0.05, 0) is 73.7 Å². The maximum Gasteiger partial charge on any atom is 0.259 e. The minimum atomic E-state index is -1.20. The molecule has 37 heavy (non-hydrogen) atoms. The van der Waals surface area contributed by atoms with Gasteiger partial charge in [-0.2, -0.15) is 0 Å². The number of fused-ring (bicyclic) bond motifs is 5. The number of Topliss-reactive ketones (excluding diaryl/α,β-unsaturated/α-hetero) is 1. The first-order valence-electron chi connectivity index (χ1n) is 13.7. The van der Waals surface area contributed by atoms with Crippen molar-refractivity contribution < 1.29 is 29.7 Å². The summed E-state index contributed by atoms with van der Waals surface area (Å²) in [6, 6.07) is -1.17. The fourth-order valence-corrected chi connectivity index (χ4v) is 7.22. The fourth-order valence-electron chi connectivity index (χ4n) is 7.22. The molecule has 4 aliphatic rings. The van der Waals surface area contributed by atoms with E-state index in [0.717, 1.165) is 12.8 Å². The van der Waals surface area contributed by atoms with Crippen LogP contribution >= 0.6 is 0 Å². The lowest BCUT2D eigenvalue weighted by Crippen LogP contribution is -2.42. The van der Waals surface area contributed by atoms with Crippen molar-refractivity contribution in [1.29, 1.82) is 0 Å². The highest BCUT2D eigenvalue weighted by atomic mass is 16.3. The second kappa shape index (κ2) is 11.8. The Hall–Kier alpha value is -2.71. The molecule has 0 aromatic carbocycles. The quantitative estimate of drug-likeness (QED) is 0.343. The zero-order valence-electron chi connectivity index (χ0n) is 21.7. The zero-order chi connectivity index (χ0) is 26.7. The Bertz CT molecular complexity index is 1010. The summed E-state index contributed by atoms with van der Waals surface area (Å²) in [7, 11) is 0. The van der Waals surface area contributed by atoms with Crippen LogP contribution in [0.5, 0.6) is 0 Å². The van der Waals surface area contributed by atoms with Crippen molar-refractivity contribution in [1.82, 2.24) is 10.6 Å². The standard InChI is InChI=1S/C29H40N2O6/c1-3-17-14-19-15-18-8-4-7-11-23(35)30-13-12-22(34)27-28(36)26(29(37)31-27)21(33)10-6-5-9-20(32)25(18)24(19)16(17)2/h4,6-8,10-11,16-20,22,24-25,27,32-34H,3,5,9,12-15H2,1-2H3,(H,30,35)(H,31,37). The molecule has 3 fully saturated rings. The second-order valence-corrected chi connectivity index (χ2v) is 11.1. The van der Waals surface area contributed by atoms with Crippen molar-refractivity contribution in [3.05, 3.63) is 47.8 Å². The number of allylic oxidation sites excluding steroid dienone is 5. The molecule has 1 saturated heterocycles. The maximum absolute atomic E-state index is 12.7. The zero-order valence-corrected chi connectivity index (χ0v) is 21.7. The smallest absolute Gasteiger partial charge is 0.259 e. The Morgan fingerprint density at radius 2 is 1.78 bits per heavy atom. The molecule has 2 aliphatic carbocycles. The van der Waals surface area contributed by atoms with E-state index in [-0.39, 0.29) is 36.3 Å². The molecule has 9 atom stereocenters. The summed E-state index contributed by atoms with van der Waals surface area (Å²) in [6.07, 6.45) is 12.8. The van der Waals surface area contributed by atoms with Crippen LogP contribution in [-0.2, 0) is 14.4 Å². The molecule has 2 aliphatic heterocycles. The number of hydrogen-bond donors (Lipinski definition) is 5. The van der Waals surface area contributed by atoms with E-state index < -0.39 is 35.7 Å². The first-order valence-corrected chi connectivity index (χ1v) is 13.7. The van der Waals surface area contributed by atoms with Crippen LogP contribution in [0, 0.1) is 35.5 Å². The number of ketones is 1. The fraction of sp³-hybridized carbons (Fsp3) is 0.621. The van der Waals surface area contributed by atoms with Gasteiger partial charge in [0, 0.05) is 12.6 Å². The highest BCUT2D eigenvalue weighted by molar-refractivity contribution is 6.27. The normalized spacial score (nSPS) is 39.4. The van der Waals surface area contributed by atoms with Gasteiger partial charge >= 0.3 is 0 Å². The van der Waals surface area contributed by atoms with E-state index in [1.54, 1.807) is 12.2 Å². The molecule has 202 valence electrons. The molecule has 2 amide bonds. The summed E-state index contributed by atoms with van der Waals surface area (Å²) in [5.74, 6) is 0.400. The molecule has 0 aromatic heterocycles. The Labute approximate surface area is 218 Å². The molecule has 0 spiro atoms. The minimum Gasteiger partial charge on any atom is -0.507 e. The summed E-state index contributed by atoms with van der Waals surface area (Å²) in [5.41, 5.74) is -0.378. The van der Waals surface area contributed by atoms with Crippen molar-refractivity contribution in [3.63, 3.8) is 0 Å². The molecule has 2 bridgehead atoms. The Kier molecular flexibility index (Phi) is 8.70. The average molecular weight is 513 g/mol. The van der Waals surface area contributed by atoms with Gasteiger partial charge in [-0.15, -0.1) is 0 Å². The molecule has 9 unspecified atom stereocenters. The van der Waals surface area contributed by atoms with Gasteiger partial charge in [0.05, 0.1) is 12.2 Å². The van der Waals surface area contributed by atoms with Gasteiger partial charge in [-0.25, -0.2) is 0 Å². The predicted molar refractivity (Wildman–Crippen MR) is 139 cm³/mol. The second-order valence-electron chi connectivity index (χ2n) is 11.1. The van der Waals surface area contributed by atoms with Crippen molar-refractivity contribution in [2.45, 2.75) is 70.6 Å². The van der Waals surface area contributed by atoms with Crippen LogP contribution in [0.4, 0.5) is 0 Å². The summed E-state index contributed by atoms with van der Waals surface area (Å²) >= 11 is 0. The largest absolute Gasteiger partial charge is 0.507 e. The van der Waals surface area contributed by atoms with Gasteiger partial charge in [-0.3, -0.25) is 14.4 Å². The Morgan fingerprint density at radius 1 is 1.00 bits per heavy atom. The van der Waals surface area contributed by atoms with Crippen molar-refractivity contribution >= 4 is 17.6 Å². The highest BCUT2D eigenvalue weighted by Gasteiger charge is 2.52. The number of amides is 2. The van der Waals surface area contributed by atoms with Crippen LogP contribution in [-0.4, -0.2) is 57.7 Å². The molecule has 4 rings (SSSR count). The number of hydrogen-bond acceptors (Lipinski definition) is 6. The molecule has 8 heteroatoms. The number of rotatable bonds is 1. The number of carbonyl (C=O) groups excluding carboxylic acids is 3. The third kappa shape index (κ3) is 5.75. The van der Waals surface area contributed by atoms with E-state index in [1.807, 2.05) is 6.08 Å². The lowest BCUT2D eigenvalue weighted by atomic mass is 9.75. The van der Waals surface area contributed by atoms with E-state index in [2.05, 4.69) is 30.6 Å². The lowest BCUT2D eigenvalue weighted by Gasteiger charge is -2.32. The van der Waals surface area contributed by atoms with E-state index in [1.165, 1.54) is 18.6 Å². The van der Waals surface area contributed by atoms with Crippen LogP contribution < -0.4 is 10.6 Å². The van der Waals surface area contributed by atoms with Crippen LogP contribution in [0.15, 0.2) is 47.8 Å². The summed E-state index contributed by atoms with van der Waals surface area (Å²) < 4.78 is 0. The monoisotopic (exact) mass is 512 g/mol. The summed E-state index contributed by atoms with van der Waals surface area (Å²) in [4.78, 5) is 37.2. The van der Waals surface area contributed by atoms with E-state index in [4.69, 9.17) is 0 Å². The van der Waals surface area contributed by atoms with Crippen LogP contribution in [0.1, 0.15) is 52.4 Å². The topological polar surface area (TPSA) is 136 Å². The maximum atomic E-state index is 12.7. The first-order chi connectivity index (χ1) is 17.7. The highest BCUT2D eigenvalue weighted by Crippen LogP contribution is 2.57. The van der Waals surface area contributed by atoms with Gasteiger partial charge in [0.2, 0.25) is 5.91 Å². The molecular formula is C29H40N2O6. The Morgan fingerprint density at radius 3 is 2.54 bits per heavy atom. The molecular weight excluding hydrogens is 472 g/mol. The van der Waals surface area contributed by atoms with E-state index in [0.29, 0.717) is 36.5 Å². The predicted octanol–water partition coefficient (Wildman–Crippen LogP) is 2.49. The van der Waals surface area contributed by atoms with Crippen molar-refractivity contribution in [2.24, 2.45) is 35.5 Å². The third-order valence-corrected chi connectivity index (χ3v) is 9.03. The lowest BCUT2D eigenvalue weighted by molar-refractivity contribution is -0.118. The summed E-state index contributed by atoms with van der Waals surface area (Å²) in [6.45, 7) is 4.68. The van der Waals surface area contributed by atoms with Gasteiger partial charge < -0.3 is 26.0 Å². The number of aliphatic hydroxyl groups is 3. The van der Waals surface area contributed by atoms with Crippen LogP contribution in [0.3, 0.4) is 0 Å². The van der Waals surface area contributed by atoms with Gasteiger partial charge in [0.1, 0.15) is 17.4 Å². The van der Waals surface area contributed by atoms with Gasteiger partial charge in [-0.1, -0.05) is 44.6 Å². The summed E-state index contributed by atoms with van der Waals surface area (Å²) in [5, 5.41) is 37.2. The SMILES string of the molecule is CCC1CC2CC3C=CC=CC(=O)NCCC(O)C4NC(=O)C(=C(O)C=CCCC(O)C3C2C1C)C4=O. The van der Waals surface area contributed by atoms with Gasteiger partial charge in [0.15, 0.2) is 5.78 Å².